The summed E-state index contributed by atoms with van der Waals surface area (Å²) >= 11 is 0. The summed E-state index contributed by atoms with van der Waals surface area (Å²) in [6, 6.07) is 7.91. The first kappa shape index (κ1) is 18.6. The van der Waals surface area contributed by atoms with Crippen LogP contribution in [0.2, 0.25) is 0 Å². The molecule has 2 aliphatic rings. The molecule has 3 aromatic rings. The van der Waals surface area contributed by atoms with E-state index in [9.17, 15) is 22.4 Å². The van der Waals surface area contributed by atoms with Crippen LogP contribution in [0.5, 0.6) is 0 Å². The summed E-state index contributed by atoms with van der Waals surface area (Å²) < 4.78 is 55.1. The molecular formula is C20H14F4N4O2. The summed E-state index contributed by atoms with van der Waals surface area (Å²) in [5.41, 5.74) is 3.22. The van der Waals surface area contributed by atoms with Crippen molar-refractivity contribution in [2.45, 2.75) is 18.5 Å². The first-order chi connectivity index (χ1) is 14.3. The molecule has 1 aliphatic carbocycles. The van der Waals surface area contributed by atoms with Gasteiger partial charge in [0.15, 0.2) is 0 Å². The van der Waals surface area contributed by atoms with E-state index in [4.69, 9.17) is 0 Å². The lowest BCUT2D eigenvalue weighted by molar-refractivity contribution is -0.200. The molecule has 2 aromatic heterocycles. The van der Waals surface area contributed by atoms with Crippen LogP contribution in [-0.4, -0.2) is 33.7 Å². The molecule has 1 unspecified atom stereocenters. The number of rotatable bonds is 3. The van der Waals surface area contributed by atoms with Crippen LogP contribution >= 0.6 is 0 Å². The molecule has 0 spiro atoms. The molecule has 0 bridgehead atoms. The maximum Gasteiger partial charge on any atom is 0.490 e. The second-order valence-electron chi connectivity index (χ2n) is 7.26. The van der Waals surface area contributed by atoms with Gasteiger partial charge in [-0.15, -0.1) is 0 Å². The van der Waals surface area contributed by atoms with Crippen molar-refractivity contribution in [2.75, 3.05) is 11.9 Å². The van der Waals surface area contributed by atoms with E-state index < -0.39 is 18.0 Å². The van der Waals surface area contributed by atoms with E-state index in [2.05, 4.69) is 25.0 Å². The summed E-state index contributed by atoms with van der Waals surface area (Å²) in [4.78, 5) is 23.1. The van der Waals surface area contributed by atoms with Crippen molar-refractivity contribution in [3.8, 4) is 22.5 Å². The average Bonchev–Trinajstić information content (AvgIpc) is 3.37. The van der Waals surface area contributed by atoms with E-state index >= 15 is 0 Å². The van der Waals surface area contributed by atoms with E-state index in [-0.39, 0.29) is 18.4 Å². The van der Waals surface area contributed by atoms with Crippen molar-refractivity contribution >= 4 is 17.5 Å². The third-order valence-corrected chi connectivity index (χ3v) is 5.22. The van der Waals surface area contributed by atoms with Crippen molar-refractivity contribution in [1.29, 1.82) is 0 Å². The topological polar surface area (TPSA) is 79.9 Å². The largest absolute Gasteiger partial charge is 0.490 e. The minimum atomic E-state index is -5.00. The summed E-state index contributed by atoms with van der Waals surface area (Å²) in [7, 11) is 0. The smallest absolute Gasteiger partial charge is 0.459 e. The Bertz CT molecular complexity index is 1160. The highest BCUT2D eigenvalue weighted by Gasteiger charge is 2.46. The Morgan fingerprint density at radius 3 is 2.87 bits per heavy atom. The number of nitrogens with one attached hydrogen (secondary N) is 2. The van der Waals surface area contributed by atoms with E-state index in [1.807, 2.05) is 6.07 Å². The molecule has 1 saturated carbocycles. The Morgan fingerprint density at radius 1 is 1.23 bits per heavy atom. The van der Waals surface area contributed by atoms with E-state index in [1.165, 1.54) is 12.1 Å². The predicted molar refractivity (Wildman–Crippen MR) is 98.4 cm³/mol. The van der Waals surface area contributed by atoms with Gasteiger partial charge in [0.05, 0.1) is 18.0 Å². The quantitative estimate of drug-likeness (QED) is 0.377. The van der Waals surface area contributed by atoms with Gasteiger partial charge in [-0.05, 0) is 36.8 Å². The van der Waals surface area contributed by atoms with Gasteiger partial charge in [0.25, 0.3) is 0 Å². The van der Waals surface area contributed by atoms with Crippen LogP contribution in [0.15, 0.2) is 36.5 Å². The lowest BCUT2D eigenvalue weighted by atomic mass is 10.1. The van der Waals surface area contributed by atoms with Crippen molar-refractivity contribution < 1.29 is 27.1 Å². The number of alkyl halides is 3. The van der Waals surface area contributed by atoms with Crippen molar-refractivity contribution in [3.63, 3.8) is 0 Å². The molecule has 6 nitrogen and oxygen atoms in total. The summed E-state index contributed by atoms with van der Waals surface area (Å²) in [5, 5.41) is 3.12. The van der Waals surface area contributed by atoms with Crippen molar-refractivity contribution in [1.82, 2.24) is 15.0 Å². The number of halogens is 4. The van der Waals surface area contributed by atoms with Gasteiger partial charge < -0.3 is 15.0 Å². The van der Waals surface area contributed by atoms with Crippen LogP contribution in [0.4, 0.5) is 29.1 Å². The van der Waals surface area contributed by atoms with Crippen LogP contribution in [0.25, 0.3) is 22.5 Å². The van der Waals surface area contributed by atoms with Gasteiger partial charge in [0, 0.05) is 29.2 Å². The Balaban J connectivity index is 1.47. The Labute approximate surface area is 167 Å². The molecule has 3 heterocycles. The van der Waals surface area contributed by atoms with Gasteiger partial charge in [-0.1, -0.05) is 0 Å². The number of anilines is 2. The molecule has 0 radical (unpaired) electrons. The first-order valence-corrected chi connectivity index (χ1v) is 9.17. The number of carbonyl (C=O) groups is 1. The molecule has 10 heteroatoms. The molecule has 2 atom stereocenters. The fourth-order valence-corrected chi connectivity index (χ4v) is 3.65. The van der Waals surface area contributed by atoms with E-state index in [1.54, 1.807) is 18.3 Å². The fourth-order valence-electron chi connectivity index (χ4n) is 3.65. The summed E-state index contributed by atoms with van der Waals surface area (Å²) in [6.07, 6.45) is -2.85. The number of hydrogen-bond acceptors (Lipinski definition) is 5. The van der Waals surface area contributed by atoms with Crippen LogP contribution in [0, 0.1) is 11.7 Å². The van der Waals surface area contributed by atoms with E-state index in [0.717, 1.165) is 0 Å². The van der Waals surface area contributed by atoms with Crippen LogP contribution in [0.1, 0.15) is 18.2 Å². The maximum atomic E-state index is 13.8. The highest BCUT2D eigenvalue weighted by Crippen LogP contribution is 2.50. The molecule has 30 heavy (non-hydrogen) atoms. The third kappa shape index (κ3) is 3.17. The number of nitrogens with zero attached hydrogens (tertiary/aromatic N) is 2. The molecule has 5 rings (SSSR count). The zero-order valence-electron chi connectivity index (χ0n) is 15.3. The van der Waals surface area contributed by atoms with Gasteiger partial charge in [-0.25, -0.2) is 19.2 Å². The third-order valence-electron chi connectivity index (χ3n) is 5.22. The Hall–Kier alpha value is -3.43. The molecule has 1 aliphatic heterocycles. The monoisotopic (exact) mass is 418 g/mol. The Kier molecular flexibility index (Phi) is 4.05. The number of pyridine rings is 1. The van der Waals surface area contributed by atoms with Gasteiger partial charge in [0.1, 0.15) is 23.2 Å². The molecule has 2 N–H and O–H groups in total. The highest BCUT2D eigenvalue weighted by atomic mass is 19.4. The number of aromatic nitrogens is 3. The van der Waals surface area contributed by atoms with Gasteiger partial charge in [-0.2, -0.15) is 13.2 Å². The number of ether oxygens (including phenoxy) is 1. The highest BCUT2D eigenvalue weighted by molar-refractivity contribution is 5.94. The zero-order valence-corrected chi connectivity index (χ0v) is 15.3. The molecule has 0 saturated heterocycles. The summed E-state index contributed by atoms with van der Waals surface area (Å²) in [6.45, 7) is -0.324. The first-order valence-electron chi connectivity index (χ1n) is 9.17. The van der Waals surface area contributed by atoms with Crippen LogP contribution in [-0.2, 0) is 9.53 Å². The molecule has 1 fully saturated rings. The van der Waals surface area contributed by atoms with Crippen molar-refractivity contribution in [2.24, 2.45) is 5.92 Å². The van der Waals surface area contributed by atoms with Gasteiger partial charge in [0.2, 0.25) is 0 Å². The number of imidazole rings is 1. The number of benzene rings is 1. The standard InChI is InChI=1S/C20H14F4N4O2/c21-10-3-4-11-14(7-10)26-17-12(2-1-5-25-17)16-15(11)27-18(28-16)13-6-9(13)8-30-19(29)20(22,23)24/h1-5,7,9,13H,6,8H2,(H,25,26)(H,27,28)/t9-,13?/m1/s1. The van der Waals surface area contributed by atoms with Crippen LogP contribution < -0.4 is 5.32 Å². The molecular weight excluding hydrogens is 404 g/mol. The molecule has 154 valence electrons. The number of carbonyl (C=O) groups excluding carboxylic acids is 1. The number of H-pyrrole nitrogens is 1. The lowest BCUT2D eigenvalue weighted by Gasteiger charge is -2.09. The number of fused-ring (bicyclic) bond motifs is 5. The second kappa shape index (κ2) is 6.54. The average molecular weight is 418 g/mol. The van der Waals surface area contributed by atoms with Gasteiger partial charge in [-0.3, -0.25) is 0 Å². The number of aromatic amines is 1. The SMILES string of the molecule is O=C(OC[C@H]1CC1c1nc2c([nH]1)-c1ccc(F)cc1Nc1ncccc1-2)C(F)(F)F. The summed E-state index contributed by atoms with van der Waals surface area (Å²) in [5.74, 6) is -1.89. The second-order valence-corrected chi connectivity index (χ2v) is 7.26. The minimum absolute atomic E-state index is 0.157. The normalized spacial score (nSPS) is 19.1. The number of esters is 1. The van der Waals surface area contributed by atoms with Crippen LogP contribution in [0.3, 0.4) is 0 Å². The molecule has 0 amide bonds. The van der Waals surface area contributed by atoms with E-state index in [0.29, 0.717) is 46.3 Å². The predicted octanol–water partition coefficient (Wildman–Crippen LogP) is 4.54. The fraction of sp³-hybridized carbons (Fsp3) is 0.250. The Morgan fingerprint density at radius 2 is 2.07 bits per heavy atom. The van der Waals surface area contributed by atoms with Crippen molar-refractivity contribution in [3.05, 3.63) is 48.2 Å². The van der Waals surface area contributed by atoms with Gasteiger partial charge >= 0.3 is 12.1 Å². The molecule has 1 aromatic carbocycles. The lowest BCUT2D eigenvalue weighted by Crippen LogP contribution is -2.26. The zero-order chi connectivity index (χ0) is 21.0. The maximum absolute atomic E-state index is 13.8. The number of hydrogen-bond donors (Lipinski definition) is 2. The minimum Gasteiger partial charge on any atom is -0.459 e.